The van der Waals surface area contributed by atoms with Crippen molar-refractivity contribution >= 4 is 32.7 Å². The zero-order chi connectivity index (χ0) is 16.8. The lowest BCUT2D eigenvalue weighted by Gasteiger charge is -2.38. The van der Waals surface area contributed by atoms with Crippen LogP contribution in [0.15, 0.2) is 42.5 Å². The minimum atomic E-state index is -0.341. The first kappa shape index (κ1) is 14.5. The molecule has 126 valence electrons. The number of ether oxygens (including phenoxy) is 3. The van der Waals surface area contributed by atoms with Crippen molar-refractivity contribution < 1.29 is 19.0 Å². The molecular formula is C18H14N2O4S. The van der Waals surface area contributed by atoms with Crippen LogP contribution in [0, 0.1) is 0 Å². The number of nitrogens with zero attached hydrogens (tertiary/aromatic N) is 2. The number of esters is 1. The van der Waals surface area contributed by atoms with Crippen LogP contribution >= 0.6 is 11.3 Å². The summed E-state index contributed by atoms with van der Waals surface area (Å²) < 4.78 is 17.3. The number of anilines is 1. The number of hydrogen-bond acceptors (Lipinski definition) is 7. The summed E-state index contributed by atoms with van der Waals surface area (Å²) in [5.41, 5.74) is 1.48. The van der Waals surface area contributed by atoms with E-state index in [0.29, 0.717) is 30.2 Å². The second-order valence-electron chi connectivity index (χ2n) is 5.96. The van der Waals surface area contributed by atoms with Crippen molar-refractivity contribution in [3.05, 3.63) is 48.0 Å². The summed E-state index contributed by atoms with van der Waals surface area (Å²) in [6.45, 7) is 1.51. The molecule has 0 saturated carbocycles. The quantitative estimate of drug-likeness (QED) is 0.674. The fourth-order valence-electron chi connectivity index (χ4n) is 2.91. The average molecular weight is 354 g/mol. The van der Waals surface area contributed by atoms with Gasteiger partial charge in [-0.25, -0.2) is 9.78 Å². The summed E-state index contributed by atoms with van der Waals surface area (Å²) in [6.07, 6.45) is -0.120. The molecule has 3 aromatic rings. The molecule has 1 aromatic heterocycles. The van der Waals surface area contributed by atoms with E-state index in [1.807, 2.05) is 18.2 Å². The molecule has 2 aliphatic rings. The minimum absolute atomic E-state index is 0.120. The summed E-state index contributed by atoms with van der Waals surface area (Å²) in [4.78, 5) is 19.0. The summed E-state index contributed by atoms with van der Waals surface area (Å²) >= 11 is 1.66. The maximum absolute atomic E-state index is 12.3. The van der Waals surface area contributed by atoms with E-state index < -0.39 is 0 Å². The molecule has 0 unspecified atom stereocenters. The SMILES string of the molecule is O=C(OC1CN(c2nc3ccccc3s2)C1)c1ccc2c(c1)OCO2. The van der Waals surface area contributed by atoms with Crippen molar-refractivity contribution in [2.24, 2.45) is 0 Å². The van der Waals surface area contributed by atoms with Crippen LogP contribution < -0.4 is 14.4 Å². The van der Waals surface area contributed by atoms with Gasteiger partial charge in [0.25, 0.3) is 0 Å². The van der Waals surface area contributed by atoms with Crippen LogP contribution in [0.2, 0.25) is 0 Å². The third-order valence-electron chi connectivity index (χ3n) is 4.28. The fraction of sp³-hybridized carbons (Fsp3) is 0.222. The molecule has 1 saturated heterocycles. The summed E-state index contributed by atoms with van der Waals surface area (Å²) in [5, 5.41) is 0.969. The first-order chi connectivity index (χ1) is 12.3. The number of hydrogen-bond donors (Lipinski definition) is 0. The van der Waals surface area contributed by atoms with Crippen molar-refractivity contribution in [2.45, 2.75) is 6.10 Å². The van der Waals surface area contributed by atoms with Gasteiger partial charge < -0.3 is 19.1 Å². The van der Waals surface area contributed by atoms with Gasteiger partial charge in [-0.1, -0.05) is 23.5 Å². The third kappa shape index (κ3) is 2.56. The maximum atomic E-state index is 12.3. The van der Waals surface area contributed by atoms with Crippen molar-refractivity contribution in [3.8, 4) is 11.5 Å². The zero-order valence-electron chi connectivity index (χ0n) is 13.2. The van der Waals surface area contributed by atoms with Gasteiger partial charge in [0.1, 0.15) is 6.10 Å². The Kier molecular flexibility index (Phi) is 3.27. The van der Waals surface area contributed by atoms with Gasteiger partial charge in [0.05, 0.1) is 28.9 Å². The molecule has 2 aliphatic heterocycles. The summed E-state index contributed by atoms with van der Waals surface area (Å²) in [7, 11) is 0. The highest BCUT2D eigenvalue weighted by Crippen LogP contribution is 2.34. The van der Waals surface area contributed by atoms with Gasteiger partial charge in [-0.05, 0) is 30.3 Å². The summed E-state index contributed by atoms with van der Waals surface area (Å²) in [6, 6.07) is 13.1. The molecule has 0 aliphatic carbocycles. The second kappa shape index (κ2) is 5.63. The van der Waals surface area contributed by atoms with Gasteiger partial charge in [0.15, 0.2) is 16.6 Å². The van der Waals surface area contributed by atoms with Gasteiger partial charge in [-0.15, -0.1) is 0 Å². The summed E-state index contributed by atoms with van der Waals surface area (Å²) in [5.74, 6) is 0.897. The zero-order valence-corrected chi connectivity index (χ0v) is 14.0. The molecule has 25 heavy (non-hydrogen) atoms. The normalized spacial score (nSPS) is 16.1. The van der Waals surface area contributed by atoms with Crippen LogP contribution in [0.4, 0.5) is 5.13 Å². The molecule has 5 rings (SSSR count). The highest BCUT2D eigenvalue weighted by atomic mass is 32.1. The van der Waals surface area contributed by atoms with E-state index in [1.165, 1.54) is 4.70 Å². The Morgan fingerprint density at radius 2 is 2.00 bits per heavy atom. The molecule has 0 spiro atoms. The van der Waals surface area contributed by atoms with Crippen LogP contribution in [0.25, 0.3) is 10.2 Å². The number of thiazole rings is 1. The van der Waals surface area contributed by atoms with Crippen molar-refractivity contribution in [1.82, 2.24) is 4.98 Å². The average Bonchev–Trinajstić information content (AvgIpc) is 3.22. The Hall–Kier alpha value is -2.80. The molecule has 0 N–H and O–H groups in total. The van der Waals surface area contributed by atoms with E-state index in [2.05, 4.69) is 16.0 Å². The predicted octanol–water partition coefficient (Wildman–Crippen LogP) is 3.07. The van der Waals surface area contributed by atoms with E-state index in [4.69, 9.17) is 14.2 Å². The van der Waals surface area contributed by atoms with E-state index in [-0.39, 0.29) is 18.9 Å². The van der Waals surface area contributed by atoms with Gasteiger partial charge >= 0.3 is 5.97 Å². The molecule has 0 atom stereocenters. The Balaban J connectivity index is 1.23. The van der Waals surface area contributed by atoms with Crippen molar-refractivity contribution in [1.29, 1.82) is 0 Å². The van der Waals surface area contributed by atoms with Gasteiger partial charge in [-0.3, -0.25) is 0 Å². The van der Waals surface area contributed by atoms with E-state index in [0.717, 1.165) is 10.6 Å². The van der Waals surface area contributed by atoms with Crippen molar-refractivity contribution in [2.75, 3.05) is 24.8 Å². The topological polar surface area (TPSA) is 60.9 Å². The Morgan fingerprint density at radius 3 is 2.88 bits per heavy atom. The lowest BCUT2D eigenvalue weighted by Crippen LogP contribution is -2.53. The maximum Gasteiger partial charge on any atom is 0.338 e. The largest absolute Gasteiger partial charge is 0.455 e. The number of para-hydroxylation sites is 1. The first-order valence-electron chi connectivity index (χ1n) is 7.97. The highest BCUT2D eigenvalue weighted by Gasteiger charge is 2.32. The molecule has 2 aromatic carbocycles. The van der Waals surface area contributed by atoms with Crippen LogP contribution in [0.1, 0.15) is 10.4 Å². The molecule has 0 amide bonds. The first-order valence-corrected chi connectivity index (χ1v) is 8.79. The molecule has 7 heteroatoms. The number of fused-ring (bicyclic) bond motifs is 2. The standard InChI is InChI=1S/C18H14N2O4S/c21-17(11-5-6-14-15(7-11)23-10-22-14)24-12-8-20(9-12)18-19-13-3-1-2-4-16(13)25-18/h1-7,12H,8-10H2. The molecular weight excluding hydrogens is 340 g/mol. The number of carbonyl (C=O) groups excluding carboxylic acids is 1. The molecule has 3 heterocycles. The van der Waals surface area contributed by atoms with Crippen molar-refractivity contribution in [3.63, 3.8) is 0 Å². The number of carbonyl (C=O) groups is 1. The van der Waals surface area contributed by atoms with Gasteiger partial charge in [0.2, 0.25) is 6.79 Å². The van der Waals surface area contributed by atoms with Crippen LogP contribution in [-0.2, 0) is 4.74 Å². The number of aromatic nitrogens is 1. The molecule has 0 bridgehead atoms. The Morgan fingerprint density at radius 1 is 1.16 bits per heavy atom. The minimum Gasteiger partial charge on any atom is -0.455 e. The monoisotopic (exact) mass is 354 g/mol. The Bertz CT molecular complexity index is 932. The van der Waals surface area contributed by atoms with Gasteiger partial charge in [0, 0.05) is 0 Å². The molecule has 6 nitrogen and oxygen atoms in total. The van der Waals surface area contributed by atoms with Crippen LogP contribution in [-0.4, -0.2) is 36.9 Å². The number of rotatable bonds is 3. The van der Waals surface area contributed by atoms with E-state index in [1.54, 1.807) is 29.5 Å². The lowest BCUT2D eigenvalue weighted by molar-refractivity contribution is 0.0234. The van der Waals surface area contributed by atoms with Crippen LogP contribution in [0.5, 0.6) is 11.5 Å². The van der Waals surface area contributed by atoms with E-state index >= 15 is 0 Å². The van der Waals surface area contributed by atoms with Gasteiger partial charge in [-0.2, -0.15) is 0 Å². The number of benzene rings is 2. The smallest absolute Gasteiger partial charge is 0.338 e. The second-order valence-corrected chi connectivity index (χ2v) is 6.97. The molecule has 1 fully saturated rings. The fourth-order valence-corrected chi connectivity index (χ4v) is 3.89. The highest BCUT2D eigenvalue weighted by molar-refractivity contribution is 7.22. The predicted molar refractivity (Wildman–Crippen MR) is 93.6 cm³/mol. The lowest BCUT2D eigenvalue weighted by atomic mass is 10.1. The van der Waals surface area contributed by atoms with E-state index in [9.17, 15) is 4.79 Å². The van der Waals surface area contributed by atoms with Crippen LogP contribution in [0.3, 0.4) is 0 Å². The third-order valence-corrected chi connectivity index (χ3v) is 5.38. The Labute approximate surface area is 147 Å². The molecule has 0 radical (unpaired) electrons.